The first kappa shape index (κ1) is 16.7. The maximum Gasteiger partial charge on any atom is 0.327 e. The molecule has 2 atom stereocenters. The van der Waals surface area contributed by atoms with Crippen molar-refractivity contribution in [2.45, 2.75) is 51.6 Å². The van der Waals surface area contributed by atoms with Crippen LogP contribution in [-0.4, -0.2) is 73.2 Å². The van der Waals surface area contributed by atoms with Gasteiger partial charge in [-0.2, -0.15) is 0 Å². The summed E-state index contributed by atoms with van der Waals surface area (Å²) in [5, 5.41) is 3.33. The number of hydrogen-bond donors (Lipinski definition) is 1. The van der Waals surface area contributed by atoms with Crippen molar-refractivity contribution in [3.8, 4) is 0 Å². The Morgan fingerprint density at radius 3 is 2.81 bits per heavy atom. The number of esters is 1. The zero-order chi connectivity index (χ0) is 15.3. The molecule has 2 heterocycles. The van der Waals surface area contributed by atoms with Crippen LogP contribution in [0.15, 0.2) is 0 Å². The predicted molar refractivity (Wildman–Crippen MR) is 84.4 cm³/mol. The van der Waals surface area contributed by atoms with E-state index < -0.39 is 5.54 Å². The second-order valence-corrected chi connectivity index (χ2v) is 6.50. The summed E-state index contributed by atoms with van der Waals surface area (Å²) in [6.45, 7) is 12.4. The van der Waals surface area contributed by atoms with Gasteiger partial charge in [0.25, 0.3) is 0 Å². The zero-order valence-corrected chi connectivity index (χ0v) is 13.9. The van der Waals surface area contributed by atoms with E-state index in [1.165, 1.54) is 25.8 Å². The van der Waals surface area contributed by atoms with Crippen LogP contribution in [0.4, 0.5) is 0 Å². The van der Waals surface area contributed by atoms with Gasteiger partial charge in [-0.05, 0) is 39.8 Å². The lowest BCUT2D eigenvalue weighted by atomic mass is 9.96. The van der Waals surface area contributed by atoms with E-state index in [4.69, 9.17) is 4.74 Å². The third-order valence-corrected chi connectivity index (χ3v) is 4.75. The van der Waals surface area contributed by atoms with Crippen LogP contribution in [-0.2, 0) is 9.53 Å². The Morgan fingerprint density at radius 2 is 2.10 bits per heavy atom. The van der Waals surface area contributed by atoms with Crippen molar-refractivity contribution in [1.29, 1.82) is 0 Å². The van der Waals surface area contributed by atoms with Crippen molar-refractivity contribution in [1.82, 2.24) is 15.1 Å². The molecular formula is C16H31N3O2. The van der Waals surface area contributed by atoms with E-state index in [1.807, 2.05) is 20.8 Å². The highest BCUT2D eigenvalue weighted by atomic mass is 16.5. The summed E-state index contributed by atoms with van der Waals surface area (Å²) in [6, 6.07) is 0.681. The summed E-state index contributed by atoms with van der Waals surface area (Å²) in [6.07, 6.45) is 3.99. The van der Waals surface area contributed by atoms with Crippen LogP contribution >= 0.6 is 0 Å². The van der Waals surface area contributed by atoms with Gasteiger partial charge in [-0.3, -0.25) is 14.6 Å². The first-order valence-electron chi connectivity index (χ1n) is 8.47. The molecule has 2 rings (SSSR count). The first-order chi connectivity index (χ1) is 10.1. The Morgan fingerprint density at radius 1 is 1.29 bits per heavy atom. The van der Waals surface area contributed by atoms with Gasteiger partial charge in [0.1, 0.15) is 5.54 Å². The third kappa shape index (κ3) is 4.18. The number of likely N-dealkylation sites (N-methyl/N-ethyl adjacent to an activating group) is 1. The lowest BCUT2D eigenvalue weighted by Crippen LogP contribution is -2.62. The molecule has 0 aromatic heterocycles. The molecule has 2 aliphatic rings. The minimum Gasteiger partial charge on any atom is -0.465 e. The Balaban J connectivity index is 1.95. The molecule has 0 aliphatic carbocycles. The second kappa shape index (κ2) is 7.56. The van der Waals surface area contributed by atoms with Gasteiger partial charge in [0, 0.05) is 32.2 Å². The van der Waals surface area contributed by atoms with Gasteiger partial charge in [-0.15, -0.1) is 0 Å². The number of carbonyl (C=O) groups is 1. The number of hydrogen-bond acceptors (Lipinski definition) is 5. The summed E-state index contributed by atoms with van der Waals surface area (Å²) < 4.78 is 5.27. The molecule has 0 bridgehead atoms. The van der Waals surface area contributed by atoms with Crippen LogP contribution in [0.5, 0.6) is 0 Å². The summed E-state index contributed by atoms with van der Waals surface area (Å²) in [7, 11) is 0. The Bertz CT molecular complexity index is 350. The number of piperidine rings is 1. The lowest BCUT2D eigenvalue weighted by molar-refractivity contribution is -0.151. The van der Waals surface area contributed by atoms with Crippen LogP contribution in [0.25, 0.3) is 0 Å². The van der Waals surface area contributed by atoms with E-state index in [0.717, 1.165) is 32.7 Å². The molecule has 0 amide bonds. The van der Waals surface area contributed by atoms with Gasteiger partial charge in [0.05, 0.1) is 6.61 Å². The smallest absolute Gasteiger partial charge is 0.327 e. The Hall–Kier alpha value is -0.650. The van der Waals surface area contributed by atoms with Gasteiger partial charge >= 0.3 is 5.97 Å². The molecule has 2 fully saturated rings. The first-order valence-corrected chi connectivity index (χ1v) is 8.47. The summed E-state index contributed by atoms with van der Waals surface area (Å²) in [5.41, 5.74) is -0.596. The molecule has 2 saturated heterocycles. The molecular weight excluding hydrogens is 266 g/mol. The number of carbonyl (C=O) groups excluding carboxylic acids is 1. The number of nitrogens with zero attached hydrogens (tertiary/aromatic N) is 2. The summed E-state index contributed by atoms with van der Waals surface area (Å²) in [5.74, 6) is -0.127. The second-order valence-electron chi connectivity index (χ2n) is 6.50. The van der Waals surface area contributed by atoms with E-state index in [1.54, 1.807) is 0 Å². The van der Waals surface area contributed by atoms with E-state index in [0.29, 0.717) is 12.6 Å². The van der Waals surface area contributed by atoms with Crippen LogP contribution in [0.3, 0.4) is 0 Å². The average Bonchev–Trinajstić information content (AvgIpc) is 2.47. The van der Waals surface area contributed by atoms with Crippen molar-refractivity contribution < 1.29 is 9.53 Å². The maximum absolute atomic E-state index is 12.3. The third-order valence-electron chi connectivity index (χ3n) is 4.75. The standard InChI is InChI=1S/C16H31N3O2/c1-4-17-16(3,15(20)21-5-2)13-18-10-11-19-9-7-6-8-14(19)12-18/h14,17H,4-13H2,1-3H3. The number of nitrogens with one attached hydrogen (secondary N) is 1. The highest BCUT2D eigenvalue weighted by Gasteiger charge is 2.38. The fourth-order valence-corrected chi connectivity index (χ4v) is 3.68. The van der Waals surface area contributed by atoms with Crippen LogP contribution < -0.4 is 5.32 Å². The van der Waals surface area contributed by atoms with Gasteiger partial charge in [-0.25, -0.2) is 0 Å². The van der Waals surface area contributed by atoms with Gasteiger partial charge in [0.15, 0.2) is 0 Å². The van der Waals surface area contributed by atoms with Crippen molar-refractivity contribution in [2.75, 3.05) is 45.9 Å². The predicted octanol–water partition coefficient (Wildman–Crippen LogP) is 1.09. The van der Waals surface area contributed by atoms with E-state index >= 15 is 0 Å². The van der Waals surface area contributed by atoms with E-state index in [2.05, 4.69) is 15.1 Å². The average molecular weight is 297 g/mol. The van der Waals surface area contributed by atoms with Crippen molar-refractivity contribution in [3.63, 3.8) is 0 Å². The molecule has 0 aromatic rings. The highest BCUT2D eigenvalue weighted by Crippen LogP contribution is 2.22. The molecule has 21 heavy (non-hydrogen) atoms. The summed E-state index contributed by atoms with van der Waals surface area (Å²) in [4.78, 5) is 17.3. The molecule has 2 unspecified atom stereocenters. The molecule has 5 nitrogen and oxygen atoms in total. The van der Waals surface area contributed by atoms with Gasteiger partial charge in [0.2, 0.25) is 0 Å². The quantitative estimate of drug-likeness (QED) is 0.744. The zero-order valence-electron chi connectivity index (χ0n) is 13.9. The van der Waals surface area contributed by atoms with E-state index in [9.17, 15) is 4.79 Å². The lowest BCUT2D eigenvalue weighted by Gasteiger charge is -2.46. The van der Waals surface area contributed by atoms with Crippen LogP contribution in [0.2, 0.25) is 0 Å². The van der Waals surface area contributed by atoms with Crippen molar-refractivity contribution in [3.05, 3.63) is 0 Å². The van der Waals surface area contributed by atoms with E-state index in [-0.39, 0.29) is 5.97 Å². The van der Waals surface area contributed by atoms with Gasteiger partial charge < -0.3 is 10.1 Å². The van der Waals surface area contributed by atoms with Crippen molar-refractivity contribution in [2.24, 2.45) is 0 Å². The number of ether oxygens (including phenoxy) is 1. The Kier molecular flexibility index (Phi) is 6.02. The molecule has 2 aliphatic heterocycles. The SMILES string of the molecule is CCNC(C)(CN1CCN2CCCCC2C1)C(=O)OCC. The molecule has 0 radical (unpaired) electrons. The fourth-order valence-electron chi connectivity index (χ4n) is 3.68. The Labute approximate surface area is 129 Å². The largest absolute Gasteiger partial charge is 0.465 e. The molecule has 5 heteroatoms. The number of rotatable bonds is 6. The molecule has 0 saturated carbocycles. The molecule has 122 valence electrons. The highest BCUT2D eigenvalue weighted by molar-refractivity contribution is 5.80. The fraction of sp³-hybridized carbons (Fsp3) is 0.938. The maximum atomic E-state index is 12.3. The van der Waals surface area contributed by atoms with Crippen molar-refractivity contribution >= 4 is 5.97 Å². The molecule has 0 aromatic carbocycles. The van der Waals surface area contributed by atoms with Gasteiger partial charge in [-0.1, -0.05) is 13.3 Å². The monoisotopic (exact) mass is 297 g/mol. The normalized spacial score (nSPS) is 26.9. The molecule has 1 N–H and O–H groups in total. The number of fused-ring (bicyclic) bond motifs is 1. The van der Waals surface area contributed by atoms with Crippen LogP contribution in [0, 0.1) is 0 Å². The molecule has 0 spiro atoms. The minimum absolute atomic E-state index is 0.127. The summed E-state index contributed by atoms with van der Waals surface area (Å²) >= 11 is 0. The minimum atomic E-state index is -0.596. The topological polar surface area (TPSA) is 44.8 Å². The van der Waals surface area contributed by atoms with Crippen LogP contribution in [0.1, 0.15) is 40.0 Å². The number of piperazine rings is 1.